The Morgan fingerprint density at radius 3 is 2.38 bits per heavy atom. The molecule has 0 fully saturated rings. The lowest BCUT2D eigenvalue weighted by Gasteiger charge is -2.11. The van der Waals surface area contributed by atoms with Crippen LogP contribution in [0.25, 0.3) is 0 Å². The molecule has 1 amide bonds. The van der Waals surface area contributed by atoms with Crippen molar-refractivity contribution in [2.45, 2.75) is 33.4 Å². The van der Waals surface area contributed by atoms with Crippen molar-refractivity contribution in [3.63, 3.8) is 0 Å². The molecule has 140 valence electrons. The summed E-state index contributed by atoms with van der Waals surface area (Å²) in [5.74, 6) is 0.361. The molecule has 2 rings (SSSR count). The molecule has 0 aliphatic rings. The number of nitrogens with zero attached hydrogens (tertiary/aromatic N) is 2. The van der Waals surface area contributed by atoms with Crippen molar-refractivity contribution in [2.24, 2.45) is 5.92 Å². The Bertz CT molecular complexity index is 758. The Hall–Kier alpha value is -2.64. The number of anilines is 2. The van der Waals surface area contributed by atoms with Crippen LogP contribution in [0.4, 0.5) is 24.8 Å². The van der Waals surface area contributed by atoms with Crippen LogP contribution < -0.4 is 10.6 Å². The minimum atomic E-state index is -4.41. The predicted octanol–water partition coefficient (Wildman–Crippen LogP) is 4.51. The summed E-state index contributed by atoms with van der Waals surface area (Å²) in [4.78, 5) is 20.7. The average Bonchev–Trinajstić information content (AvgIpc) is 2.53. The van der Waals surface area contributed by atoms with Crippen LogP contribution in [0, 0.1) is 12.8 Å². The number of halogens is 3. The molecular weight excluding hydrogens is 345 g/mol. The van der Waals surface area contributed by atoms with E-state index in [9.17, 15) is 18.0 Å². The van der Waals surface area contributed by atoms with Crippen molar-refractivity contribution in [3.8, 4) is 0 Å². The second kappa shape index (κ2) is 8.16. The maximum atomic E-state index is 12.6. The van der Waals surface area contributed by atoms with Crippen LogP contribution in [0.15, 0.2) is 30.3 Å². The van der Waals surface area contributed by atoms with Crippen molar-refractivity contribution in [3.05, 3.63) is 47.3 Å². The highest BCUT2D eigenvalue weighted by Crippen LogP contribution is 2.29. The molecule has 0 aliphatic carbocycles. The summed E-state index contributed by atoms with van der Waals surface area (Å²) >= 11 is 0. The van der Waals surface area contributed by atoms with Gasteiger partial charge in [-0.25, -0.2) is 9.97 Å². The number of aryl methyl sites for hydroxylation is 1. The van der Waals surface area contributed by atoms with Crippen molar-refractivity contribution in [1.29, 1.82) is 0 Å². The second-order valence-electron chi connectivity index (χ2n) is 6.36. The third-order valence-electron chi connectivity index (χ3n) is 3.56. The quantitative estimate of drug-likeness (QED) is 0.789. The molecule has 0 spiro atoms. The summed E-state index contributed by atoms with van der Waals surface area (Å²) in [5, 5.41) is 5.61. The van der Waals surface area contributed by atoms with Gasteiger partial charge in [0.25, 0.3) is 5.91 Å². The van der Waals surface area contributed by atoms with Gasteiger partial charge in [-0.05, 0) is 49.6 Å². The number of aromatic nitrogens is 2. The number of amides is 1. The fraction of sp³-hybridized carbons (Fsp3) is 0.389. The molecule has 1 aromatic heterocycles. The van der Waals surface area contributed by atoms with Gasteiger partial charge >= 0.3 is 6.18 Å². The van der Waals surface area contributed by atoms with Crippen molar-refractivity contribution in [1.82, 2.24) is 9.97 Å². The van der Waals surface area contributed by atoms with Gasteiger partial charge in [-0.1, -0.05) is 13.8 Å². The Morgan fingerprint density at radius 1 is 1.15 bits per heavy atom. The summed E-state index contributed by atoms with van der Waals surface area (Å²) in [6.45, 7) is 6.62. The molecule has 0 atom stereocenters. The first kappa shape index (κ1) is 19.7. The molecule has 0 saturated carbocycles. The van der Waals surface area contributed by atoms with Crippen molar-refractivity contribution < 1.29 is 18.0 Å². The van der Waals surface area contributed by atoms with Gasteiger partial charge in [-0.3, -0.25) is 4.79 Å². The average molecular weight is 366 g/mol. The van der Waals surface area contributed by atoms with E-state index in [0.29, 0.717) is 24.1 Å². The monoisotopic (exact) mass is 366 g/mol. The molecule has 2 aromatic rings. The molecule has 0 radical (unpaired) electrons. The van der Waals surface area contributed by atoms with Crippen LogP contribution in [-0.4, -0.2) is 22.4 Å². The molecule has 1 aromatic carbocycles. The van der Waals surface area contributed by atoms with E-state index in [4.69, 9.17) is 0 Å². The van der Waals surface area contributed by atoms with E-state index in [1.807, 2.05) is 0 Å². The van der Waals surface area contributed by atoms with Gasteiger partial charge in [-0.2, -0.15) is 13.2 Å². The Kier molecular flexibility index (Phi) is 6.18. The topological polar surface area (TPSA) is 66.9 Å². The largest absolute Gasteiger partial charge is 0.416 e. The van der Waals surface area contributed by atoms with Crippen LogP contribution in [0.2, 0.25) is 0 Å². The maximum absolute atomic E-state index is 12.6. The zero-order valence-electron chi connectivity index (χ0n) is 14.8. The van der Waals surface area contributed by atoms with Gasteiger partial charge < -0.3 is 10.6 Å². The van der Waals surface area contributed by atoms with Gasteiger partial charge in [0, 0.05) is 17.9 Å². The number of carbonyl (C=O) groups is 1. The number of rotatable bonds is 6. The highest BCUT2D eigenvalue weighted by Gasteiger charge is 2.30. The number of carbonyl (C=O) groups excluding carboxylic acids is 1. The fourth-order valence-electron chi connectivity index (χ4n) is 2.17. The number of hydrogen-bond acceptors (Lipinski definition) is 4. The first-order chi connectivity index (χ1) is 12.1. The smallest absolute Gasteiger partial charge is 0.354 e. The van der Waals surface area contributed by atoms with Crippen molar-refractivity contribution >= 4 is 17.5 Å². The molecule has 0 unspecified atom stereocenters. The highest BCUT2D eigenvalue weighted by molar-refractivity contribution is 6.03. The molecular formula is C18H21F3N4O. The Morgan fingerprint density at radius 2 is 1.81 bits per heavy atom. The predicted molar refractivity (Wildman–Crippen MR) is 94.1 cm³/mol. The minimum absolute atomic E-state index is 0.143. The summed E-state index contributed by atoms with van der Waals surface area (Å²) in [7, 11) is 0. The third kappa shape index (κ3) is 5.72. The second-order valence-corrected chi connectivity index (χ2v) is 6.36. The molecule has 8 heteroatoms. The van der Waals surface area contributed by atoms with E-state index >= 15 is 0 Å². The van der Waals surface area contributed by atoms with Crippen LogP contribution in [-0.2, 0) is 6.18 Å². The standard InChI is InChI=1S/C18H21F3N4O/c1-11(2)8-9-22-17-23-12(3)10-15(25-17)16(26)24-14-6-4-13(5-7-14)18(19,20)21/h4-7,10-11H,8-9H2,1-3H3,(H,24,26)(H,22,23,25). The lowest BCUT2D eigenvalue weighted by molar-refractivity contribution is -0.137. The van der Waals surface area contributed by atoms with Gasteiger partial charge in [0.05, 0.1) is 5.56 Å². The number of alkyl halides is 3. The Labute approximate surface area is 150 Å². The van der Waals surface area contributed by atoms with E-state index in [1.165, 1.54) is 18.2 Å². The van der Waals surface area contributed by atoms with E-state index in [-0.39, 0.29) is 11.4 Å². The molecule has 26 heavy (non-hydrogen) atoms. The maximum Gasteiger partial charge on any atom is 0.416 e. The van der Waals surface area contributed by atoms with Gasteiger partial charge in [-0.15, -0.1) is 0 Å². The molecule has 5 nitrogen and oxygen atoms in total. The molecule has 1 heterocycles. The summed E-state index contributed by atoms with van der Waals surface area (Å²) < 4.78 is 37.7. The van der Waals surface area contributed by atoms with E-state index in [1.54, 1.807) is 6.92 Å². The summed E-state index contributed by atoms with van der Waals surface area (Å²) in [6, 6.07) is 5.76. The molecule has 2 N–H and O–H groups in total. The van der Waals surface area contributed by atoms with Crippen LogP contribution in [0.3, 0.4) is 0 Å². The first-order valence-electron chi connectivity index (χ1n) is 8.23. The first-order valence-corrected chi connectivity index (χ1v) is 8.23. The highest BCUT2D eigenvalue weighted by atomic mass is 19.4. The zero-order chi connectivity index (χ0) is 19.3. The lowest BCUT2D eigenvalue weighted by atomic mass is 10.1. The number of hydrogen-bond donors (Lipinski definition) is 2. The number of benzene rings is 1. The molecule has 0 aliphatic heterocycles. The van der Waals surface area contributed by atoms with Gasteiger partial charge in [0.15, 0.2) is 0 Å². The molecule has 0 saturated heterocycles. The summed E-state index contributed by atoms with van der Waals surface area (Å²) in [5.41, 5.74) is 0.243. The summed E-state index contributed by atoms with van der Waals surface area (Å²) in [6.07, 6.45) is -3.48. The van der Waals surface area contributed by atoms with Gasteiger partial charge in [0.1, 0.15) is 5.69 Å². The third-order valence-corrected chi connectivity index (χ3v) is 3.56. The zero-order valence-corrected chi connectivity index (χ0v) is 14.8. The van der Waals surface area contributed by atoms with E-state index < -0.39 is 17.6 Å². The number of nitrogens with one attached hydrogen (secondary N) is 2. The fourth-order valence-corrected chi connectivity index (χ4v) is 2.17. The Balaban J connectivity index is 2.08. The van der Waals surface area contributed by atoms with Crippen LogP contribution in [0.5, 0.6) is 0 Å². The van der Waals surface area contributed by atoms with Gasteiger partial charge in [0.2, 0.25) is 5.95 Å². The van der Waals surface area contributed by atoms with Crippen molar-refractivity contribution in [2.75, 3.05) is 17.2 Å². The normalized spacial score (nSPS) is 11.5. The van der Waals surface area contributed by atoms with Crippen LogP contribution in [0.1, 0.15) is 42.0 Å². The molecule has 0 bridgehead atoms. The van der Waals surface area contributed by atoms with E-state index in [2.05, 4.69) is 34.4 Å². The van der Waals surface area contributed by atoms with Crippen LogP contribution >= 0.6 is 0 Å². The SMILES string of the molecule is Cc1cc(C(=O)Nc2ccc(C(F)(F)F)cc2)nc(NCCC(C)C)n1. The minimum Gasteiger partial charge on any atom is -0.354 e. The lowest BCUT2D eigenvalue weighted by Crippen LogP contribution is -2.17. The van der Waals surface area contributed by atoms with E-state index in [0.717, 1.165) is 18.6 Å².